The third kappa shape index (κ3) is 3.53. The summed E-state index contributed by atoms with van der Waals surface area (Å²) in [6.45, 7) is 0. The number of thiazole rings is 1. The zero-order valence-corrected chi connectivity index (χ0v) is 17.1. The van der Waals surface area contributed by atoms with Crippen molar-refractivity contribution < 1.29 is 24.3 Å². The molecule has 1 fully saturated rings. The molecule has 3 heterocycles. The third-order valence-corrected chi connectivity index (χ3v) is 6.70. The van der Waals surface area contributed by atoms with E-state index in [2.05, 4.69) is 31.4 Å². The summed E-state index contributed by atoms with van der Waals surface area (Å²) in [7, 11) is 1.29. The molecule has 0 saturated carbocycles. The Morgan fingerprint density at radius 1 is 1.59 bits per heavy atom. The quantitative estimate of drug-likeness (QED) is 0.229. The first kappa shape index (κ1) is 19.6. The molecule has 27 heavy (non-hydrogen) atoms. The van der Waals surface area contributed by atoms with Gasteiger partial charge in [-0.2, -0.15) is 0 Å². The van der Waals surface area contributed by atoms with Crippen molar-refractivity contribution in [3.63, 3.8) is 0 Å². The lowest BCUT2D eigenvalue weighted by atomic mass is 10.0. The summed E-state index contributed by atoms with van der Waals surface area (Å²) in [6.07, 6.45) is 1.38. The van der Waals surface area contributed by atoms with E-state index in [0.717, 1.165) is 11.3 Å². The Hall–Kier alpha value is -2.12. The number of hydrogen-bond acceptors (Lipinski definition) is 9. The van der Waals surface area contributed by atoms with Crippen molar-refractivity contribution in [1.29, 1.82) is 0 Å². The van der Waals surface area contributed by atoms with Crippen molar-refractivity contribution in [2.45, 2.75) is 11.4 Å². The molecule has 2 aliphatic heterocycles. The number of amides is 2. The number of carbonyl (C=O) groups is 3. The number of anilines is 1. The van der Waals surface area contributed by atoms with Crippen molar-refractivity contribution in [2.24, 2.45) is 5.16 Å². The van der Waals surface area contributed by atoms with Crippen molar-refractivity contribution >= 4 is 67.7 Å². The van der Waals surface area contributed by atoms with Gasteiger partial charge in [-0.25, -0.2) is 9.78 Å². The lowest BCUT2D eigenvalue weighted by Crippen LogP contribution is -2.71. The standard InChI is InChI=1S/C14H14BrN5O5S2/c1-25-19-7(6-3-17-14(16)27-6)10(21)18-8-11(22)20-9(13(23)24)5(2-15)4-26-12(8)20/h3,8,12H,2,4H2,1H3,(H2,16,17)(H,18,21)(H,23,24)/b19-7-/t8-,12?/m1/s1. The molecule has 0 radical (unpaired) electrons. The van der Waals surface area contributed by atoms with Crippen LogP contribution in [-0.2, 0) is 19.2 Å². The van der Waals surface area contributed by atoms with Gasteiger partial charge in [-0.1, -0.05) is 32.4 Å². The normalized spacial score (nSPS) is 22.2. The maximum absolute atomic E-state index is 12.6. The highest BCUT2D eigenvalue weighted by molar-refractivity contribution is 9.09. The minimum Gasteiger partial charge on any atom is -0.477 e. The van der Waals surface area contributed by atoms with Crippen LogP contribution in [0.2, 0.25) is 0 Å². The average molecular weight is 476 g/mol. The molecule has 144 valence electrons. The molecule has 1 aromatic heterocycles. The highest BCUT2D eigenvalue weighted by Crippen LogP contribution is 2.40. The van der Waals surface area contributed by atoms with Gasteiger partial charge < -0.3 is 21.0 Å². The number of carboxylic acids is 1. The van der Waals surface area contributed by atoms with Crippen LogP contribution in [0.15, 0.2) is 22.6 Å². The second kappa shape index (κ2) is 7.86. The Bertz CT molecular complexity index is 870. The number of oxime groups is 1. The molecule has 0 aliphatic carbocycles. The Morgan fingerprint density at radius 3 is 2.89 bits per heavy atom. The number of carbonyl (C=O) groups excluding carboxylic acids is 2. The Morgan fingerprint density at radius 2 is 2.33 bits per heavy atom. The summed E-state index contributed by atoms with van der Waals surface area (Å²) in [6, 6.07) is -0.860. The second-order valence-electron chi connectivity index (χ2n) is 5.44. The average Bonchev–Trinajstić information content (AvgIpc) is 3.08. The van der Waals surface area contributed by atoms with Gasteiger partial charge in [0.25, 0.3) is 11.8 Å². The minimum atomic E-state index is -1.17. The molecule has 4 N–H and O–H groups in total. The number of halogens is 1. The number of fused-ring (bicyclic) bond motifs is 1. The zero-order chi connectivity index (χ0) is 19.7. The van der Waals surface area contributed by atoms with Crippen LogP contribution in [0.3, 0.4) is 0 Å². The molecule has 0 spiro atoms. The van der Waals surface area contributed by atoms with Crippen LogP contribution < -0.4 is 11.1 Å². The van der Waals surface area contributed by atoms with Crippen LogP contribution in [0, 0.1) is 0 Å². The number of nitrogens with two attached hydrogens (primary N) is 1. The van der Waals surface area contributed by atoms with Gasteiger partial charge in [-0.3, -0.25) is 14.5 Å². The minimum absolute atomic E-state index is 0.0351. The second-order valence-corrected chi connectivity index (χ2v) is 8.17. The van der Waals surface area contributed by atoms with Gasteiger partial charge in [0.15, 0.2) is 10.8 Å². The summed E-state index contributed by atoms with van der Waals surface area (Å²) in [5.74, 6) is -1.85. The fourth-order valence-electron chi connectivity index (χ4n) is 2.68. The highest BCUT2D eigenvalue weighted by Gasteiger charge is 2.54. The predicted molar refractivity (Wildman–Crippen MR) is 104 cm³/mol. The molecule has 3 rings (SSSR count). The van der Waals surface area contributed by atoms with Crippen LogP contribution in [0.1, 0.15) is 4.88 Å². The van der Waals surface area contributed by atoms with E-state index in [0.29, 0.717) is 21.5 Å². The van der Waals surface area contributed by atoms with Gasteiger partial charge in [-0.05, 0) is 5.57 Å². The smallest absolute Gasteiger partial charge is 0.352 e. The predicted octanol–water partition coefficient (Wildman–Crippen LogP) is 0.209. The fourth-order valence-corrected chi connectivity index (χ4v) is 5.42. The summed E-state index contributed by atoms with van der Waals surface area (Å²) in [4.78, 5) is 46.8. The van der Waals surface area contributed by atoms with Gasteiger partial charge in [0.05, 0.1) is 4.88 Å². The number of aromatic nitrogens is 1. The van der Waals surface area contributed by atoms with E-state index in [1.165, 1.54) is 30.0 Å². The maximum atomic E-state index is 12.6. The zero-order valence-electron chi connectivity index (χ0n) is 13.8. The van der Waals surface area contributed by atoms with Gasteiger partial charge in [-0.15, -0.1) is 11.8 Å². The van der Waals surface area contributed by atoms with Crippen molar-refractivity contribution in [1.82, 2.24) is 15.2 Å². The SMILES string of the molecule is CO/N=C(\C(=O)N[C@@H]1C(=O)N2C(C(=O)O)=C(CBr)CSC12)c1cnc(N)s1. The molecular weight excluding hydrogens is 462 g/mol. The van der Waals surface area contributed by atoms with E-state index in [1.54, 1.807) is 0 Å². The van der Waals surface area contributed by atoms with Gasteiger partial charge in [0, 0.05) is 17.3 Å². The fraction of sp³-hybridized carbons (Fsp3) is 0.357. The summed E-state index contributed by atoms with van der Waals surface area (Å²) < 4.78 is 0. The first-order valence-electron chi connectivity index (χ1n) is 7.48. The van der Waals surface area contributed by atoms with Crippen LogP contribution in [0.5, 0.6) is 0 Å². The lowest BCUT2D eigenvalue weighted by molar-refractivity contribution is -0.150. The third-order valence-electron chi connectivity index (χ3n) is 3.85. The molecule has 0 bridgehead atoms. The van der Waals surface area contributed by atoms with E-state index in [-0.39, 0.29) is 16.5 Å². The summed E-state index contributed by atoms with van der Waals surface area (Å²) in [5, 5.41) is 15.8. The molecule has 13 heteroatoms. The molecule has 0 aromatic carbocycles. The van der Waals surface area contributed by atoms with Crippen LogP contribution >= 0.6 is 39.0 Å². The van der Waals surface area contributed by atoms with E-state index < -0.39 is 29.2 Å². The molecule has 2 aliphatic rings. The molecule has 2 atom stereocenters. The number of carboxylic acid groups (broad SMARTS) is 1. The Labute approximate surface area is 169 Å². The number of β-lactam (4-membered cyclic amide) rings is 1. The molecule has 1 aromatic rings. The topological polar surface area (TPSA) is 147 Å². The van der Waals surface area contributed by atoms with Gasteiger partial charge in [0.1, 0.15) is 24.2 Å². The first-order chi connectivity index (χ1) is 12.9. The number of aliphatic carboxylic acids is 1. The van der Waals surface area contributed by atoms with Gasteiger partial charge >= 0.3 is 5.97 Å². The number of rotatable bonds is 6. The molecule has 1 saturated heterocycles. The largest absolute Gasteiger partial charge is 0.477 e. The van der Waals surface area contributed by atoms with Crippen LogP contribution in [-0.4, -0.2) is 68.1 Å². The number of alkyl halides is 1. The van der Waals surface area contributed by atoms with Crippen molar-refractivity contribution in [2.75, 3.05) is 23.9 Å². The molecular formula is C14H14BrN5O5S2. The number of nitrogens with zero attached hydrogens (tertiary/aromatic N) is 3. The molecule has 1 unspecified atom stereocenters. The van der Waals surface area contributed by atoms with E-state index in [1.807, 2.05) is 0 Å². The highest BCUT2D eigenvalue weighted by atomic mass is 79.9. The van der Waals surface area contributed by atoms with E-state index in [4.69, 9.17) is 10.6 Å². The number of nitrogens with one attached hydrogen (secondary N) is 1. The van der Waals surface area contributed by atoms with E-state index in [9.17, 15) is 19.5 Å². The van der Waals surface area contributed by atoms with Crippen LogP contribution in [0.4, 0.5) is 5.13 Å². The molecule has 10 nitrogen and oxygen atoms in total. The summed E-state index contributed by atoms with van der Waals surface area (Å²) in [5.41, 5.74) is 6.10. The van der Waals surface area contributed by atoms with Crippen molar-refractivity contribution in [3.8, 4) is 0 Å². The van der Waals surface area contributed by atoms with Crippen molar-refractivity contribution in [3.05, 3.63) is 22.3 Å². The van der Waals surface area contributed by atoms with E-state index >= 15 is 0 Å². The number of thioether (sulfide) groups is 1. The number of hydrogen-bond donors (Lipinski definition) is 3. The molecule has 2 amide bonds. The number of nitrogen functional groups attached to an aromatic ring is 1. The monoisotopic (exact) mass is 475 g/mol. The maximum Gasteiger partial charge on any atom is 0.352 e. The Balaban J connectivity index is 1.79. The Kier molecular flexibility index (Phi) is 5.72. The van der Waals surface area contributed by atoms with Gasteiger partial charge in [0.2, 0.25) is 0 Å². The van der Waals surface area contributed by atoms with Crippen LogP contribution in [0.25, 0.3) is 0 Å². The first-order valence-corrected chi connectivity index (χ1v) is 10.5. The lowest BCUT2D eigenvalue weighted by Gasteiger charge is -2.49. The summed E-state index contributed by atoms with van der Waals surface area (Å²) >= 11 is 5.68.